The van der Waals surface area contributed by atoms with Crippen LogP contribution < -0.4 is 10.4 Å². The van der Waals surface area contributed by atoms with Crippen LogP contribution in [-0.4, -0.2) is 22.8 Å². The first kappa shape index (κ1) is 16.0. The third-order valence-corrected chi connectivity index (χ3v) is 7.62. The summed E-state index contributed by atoms with van der Waals surface area (Å²) >= 11 is 0. The fourth-order valence-electron chi connectivity index (χ4n) is 2.97. The van der Waals surface area contributed by atoms with Crippen LogP contribution >= 0.6 is 0 Å². The molecule has 0 fully saturated rings. The van der Waals surface area contributed by atoms with Crippen molar-refractivity contribution >= 4 is 18.9 Å². The first-order chi connectivity index (χ1) is 10.2. The van der Waals surface area contributed by atoms with Crippen LogP contribution in [0.5, 0.6) is 0 Å². The molecule has 2 aromatic carbocycles. The summed E-state index contributed by atoms with van der Waals surface area (Å²) in [4.78, 5) is 0. The topological polar surface area (TPSA) is 18.5 Å². The Morgan fingerprint density at radius 2 is 1.10 bits per heavy atom. The third kappa shape index (κ3) is 2.82. The number of hydrogen-bond acceptors (Lipinski definition) is 2. The molecule has 2 aromatic rings. The normalized spacial score (nSPS) is 11.6. The molecule has 0 heterocycles. The molecule has 0 spiro atoms. The molecular weight excluding hydrogens is 276 g/mol. The van der Waals surface area contributed by atoms with Gasteiger partial charge in [0, 0.05) is 24.6 Å². The highest BCUT2D eigenvalue weighted by Crippen LogP contribution is 2.14. The predicted octanol–water partition coefficient (Wildman–Crippen LogP) is 2.66. The van der Waals surface area contributed by atoms with Gasteiger partial charge in [0.05, 0.1) is 0 Å². The van der Waals surface area contributed by atoms with Gasteiger partial charge in [-0.15, -0.1) is 0 Å². The Balaban J connectivity index is 2.71. The Morgan fingerprint density at radius 1 is 0.714 bits per heavy atom. The average Bonchev–Trinajstić information content (AvgIpc) is 2.57. The van der Waals surface area contributed by atoms with Crippen LogP contribution in [0.1, 0.15) is 25.0 Å². The number of hydrogen-bond donors (Lipinski definition) is 0. The minimum Gasteiger partial charge on any atom is -0.391 e. The molecule has 0 atom stereocenters. The van der Waals surface area contributed by atoms with E-state index >= 15 is 0 Å². The summed E-state index contributed by atoms with van der Waals surface area (Å²) < 4.78 is 12.1. The van der Waals surface area contributed by atoms with Crippen LogP contribution in [0.25, 0.3) is 0 Å². The second-order valence-electron chi connectivity index (χ2n) is 5.05. The minimum atomic E-state index is -2.63. The van der Waals surface area contributed by atoms with Crippen molar-refractivity contribution in [2.45, 2.75) is 26.7 Å². The molecule has 3 heteroatoms. The summed E-state index contributed by atoms with van der Waals surface area (Å²) in [6.07, 6.45) is 1.96. The van der Waals surface area contributed by atoms with Gasteiger partial charge in [0.15, 0.2) is 0 Å². The Kier molecular flexibility index (Phi) is 5.34. The first-order valence-electron chi connectivity index (χ1n) is 7.50. The Bertz CT molecular complexity index is 542. The van der Waals surface area contributed by atoms with Gasteiger partial charge in [0.25, 0.3) is 0 Å². The van der Waals surface area contributed by atoms with Crippen molar-refractivity contribution in [2.75, 3.05) is 14.2 Å². The first-order valence-corrected chi connectivity index (χ1v) is 9.32. The van der Waals surface area contributed by atoms with Gasteiger partial charge < -0.3 is 8.85 Å². The summed E-state index contributed by atoms with van der Waals surface area (Å²) in [6.45, 7) is 4.35. The highest BCUT2D eigenvalue weighted by Gasteiger charge is 2.43. The van der Waals surface area contributed by atoms with Crippen LogP contribution in [0.4, 0.5) is 0 Å². The third-order valence-electron chi connectivity index (χ3n) is 4.08. The SMILES string of the molecule is CCc1ccccc1[Si](OC)(OC)c1ccccc1CC. The smallest absolute Gasteiger partial charge is 0.391 e. The van der Waals surface area contributed by atoms with Gasteiger partial charge >= 0.3 is 8.56 Å². The Hall–Kier alpha value is -1.42. The minimum absolute atomic E-state index is 0.978. The molecule has 0 aliphatic rings. The van der Waals surface area contributed by atoms with Gasteiger partial charge in [-0.1, -0.05) is 62.4 Å². The summed E-state index contributed by atoms with van der Waals surface area (Å²) in [5, 5.41) is 2.44. The number of benzene rings is 2. The molecule has 21 heavy (non-hydrogen) atoms. The molecule has 0 amide bonds. The molecule has 0 saturated heterocycles. The lowest BCUT2D eigenvalue weighted by atomic mass is 10.2. The molecule has 0 radical (unpaired) electrons. The van der Waals surface area contributed by atoms with E-state index in [2.05, 4.69) is 62.4 Å². The van der Waals surface area contributed by atoms with E-state index in [1.54, 1.807) is 14.2 Å². The van der Waals surface area contributed by atoms with Gasteiger partial charge in [-0.25, -0.2) is 0 Å². The van der Waals surface area contributed by atoms with Crippen LogP contribution in [0, 0.1) is 0 Å². The molecule has 0 bridgehead atoms. The summed E-state index contributed by atoms with van der Waals surface area (Å²) in [5.74, 6) is 0. The molecule has 2 rings (SSSR count). The van der Waals surface area contributed by atoms with E-state index in [1.165, 1.54) is 21.5 Å². The summed E-state index contributed by atoms with van der Waals surface area (Å²) in [5.41, 5.74) is 2.61. The highest BCUT2D eigenvalue weighted by molar-refractivity contribution is 6.93. The average molecular weight is 300 g/mol. The van der Waals surface area contributed by atoms with Crippen molar-refractivity contribution in [3.05, 3.63) is 59.7 Å². The lowest BCUT2D eigenvalue weighted by Gasteiger charge is -2.31. The van der Waals surface area contributed by atoms with Crippen LogP contribution in [0.3, 0.4) is 0 Å². The van der Waals surface area contributed by atoms with Crippen LogP contribution in [0.15, 0.2) is 48.5 Å². The van der Waals surface area contributed by atoms with Crippen molar-refractivity contribution in [2.24, 2.45) is 0 Å². The lowest BCUT2D eigenvalue weighted by molar-refractivity contribution is 0.272. The fraction of sp³-hybridized carbons (Fsp3) is 0.333. The van der Waals surface area contributed by atoms with Crippen LogP contribution in [0.2, 0.25) is 0 Å². The van der Waals surface area contributed by atoms with E-state index in [9.17, 15) is 0 Å². The van der Waals surface area contributed by atoms with Crippen molar-refractivity contribution < 1.29 is 8.85 Å². The lowest BCUT2D eigenvalue weighted by Crippen LogP contribution is -2.64. The maximum atomic E-state index is 6.06. The van der Waals surface area contributed by atoms with E-state index in [0.29, 0.717) is 0 Å². The second-order valence-corrected chi connectivity index (χ2v) is 8.17. The summed E-state index contributed by atoms with van der Waals surface area (Å²) in [6, 6.07) is 17.0. The zero-order chi connectivity index (χ0) is 15.3. The van der Waals surface area contributed by atoms with E-state index in [4.69, 9.17) is 8.85 Å². The summed E-state index contributed by atoms with van der Waals surface area (Å²) in [7, 11) is 0.918. The van der Waals surface area contributed by atoms with Crippen molar-refractivity contribution in [1.82, 2.24) is 0 Å². The van der Waals surface area contributed by atoms with Crippen molar-refractivity contribution in [3.8, 4) is 0 Å². The molecule has 112 valence electrons. The molecule has 0 saturated carbocycles. The van der Waals surface area contributed by atoms with Gasteiger partial charge in [-0.3, -0.25) is 0 Å². The second kappa shape index (κ2) is 7.03. The van der Waals surface area contributed by atoms with E-state index in [-0.39, 0.29) is 0 Å². The largest absolute Gasteiger partial charge is 0.407 e. The Labute approximate surface area is 129 Å². The van der Waals surface area contributed by atoms with Gasteiger partial charge in [0.2, 0.25) is 0 Å². The fourth-order valence-corrected chi connectivity index (χ4v) is 6.30. The maximum absolute atomic E-state index is 6.06. The zero-order valence-corrected chi connectivity index (χ0v) is 14.3. The van der Waals surface area contributed by atoms with E-state index < -0.39 is 8.56 Å². The molecule has 0 aliphatic carbocycles. The van der Waals surface area contributed by atoms with Crippen molar-refractivity contribution in [1.29, 1.82) is 0 Å². The molecule has 2 nitrogen and oxygen atoms in total. The molecule has 0 unspecified atom stereocenters. The van der Waals surface area contributed by atoms with Gasteiger partial charge in [-0.05, 0) is 24.0 Å². The zero-order valence-electron chi connectivity index (χ0n) is 13.3. The monoisotopic (exact) mass is 300 g/mol. The number of aryl methyl sites for hydroxylation is 2. The molecule has 0 N–H and O–H groups in total. The quantitative estimate of drug-likeness (QED) is 0.764. The van der Waals surface area contributed by atoms with Crippen LogP contribution in [-0.2, 0) is 21.7 Å². The standard InChI is InChI=1S/C18H24O2Si/c1-5-15-11-7-9-13-17(15)21(19-3,20-4)18-14-10-8-12-16(18)6-2/h7-14H,5-6H2,1-4H3. The molecular formula is C18H24O2Si. The number of rotatable bonds is 6. The molecule has 0 aliphatic heterocycles. The van der Waals surface area contributed by atoms with Crippen molar-refractivity contribution in [3.63, 3.8) is 0 Å². The Morgan fingerprint density at radius 3 is 1.43 bits per heavy atom. The molecule has 0 aromatic heterocycles. The predicted molar refractivity (Wildman–Crippen MR) is 90.7 cm³/mol. The highest BCUT2D eigenvalue weighted by atomic mass is 28.4. The van der Waals surface area contributed by atoms with E-state index in [0.717, 1.165) is 12.8 Å². The maximum Gasteiger partial charge on any atom is 0.407 e. The van der Waals surface area contributed by atoms with Gasteiger partial charge in [-0.2, -0.15) is 0 Å². The van der Waals surface area contributed by atoms with E-state index in [1.807, 2.05) is 0 Å². The van der Waals surface area contributed by atoms with Gasteiger partial charge in [0.1, 0.15) is 0 Å².